The topological polar surface area (TPSA) is 76.9 Å². The number of hydrogen-bond acceptors (Lipinski definition) is 5. The molecule has 0 aliphatic carbocycles. The molecule has 0 amide bonds. The number of aryl methyl sites for hydroxylation is 1. The summed E-state index contributed by atoms with van der Waals surface area (Å²) in [5, 5.41) is 7.10. The van der Waals surface area contributed by atoms with Crippen molar-refractivity contribution in [3.05, 3.63) is 70.5 Å². The van der Waals surface area contributed by atoms with Gasteiger partial charge in [0.2, 0.25) is 0 Å². The van der Waals surface area contributed by atoms with E-state index in [9.17, 15) is 14.0 Å². The second-order valence-corrected chi connectivity index (χ2v) is 5.62. The third kappa shape index (κ3) is 3.23. The maximum atomic E-state index is 14.1. The number of benzene rings is 1. The van der Waals surface area contributed by atoms with Crippen molar-refractivity contribution in [2.75, 3.05) is 5.32 Å². The smallest absolute Gasteiger partial charge is 0.291 e. The summed E-state index contributed by atoms with van der Waals surface area (Å²) in [7, 11) is 0. The molecule has 0 atom stereocenters. The molecule has 3 rings (SSSR count). The number of ketones is 1. The Morgan fingerprint density at radius 3 is 2.62 bits per heavy atom. The first-order valence-electron chi connectivity index (χ1n) is 8.11. The minimum Gasteiger partial charge on any atom is -0.348 e. The van der Waals surface area contributed by atoms with Gasteiger partial charge in [0.25, 0.3) is 5.56 Å². The van der Waals surface area contributed by atoms with Crippen LogP contribution in [0.15, 0.2) is 53.6 Å². The Hall–Kier alpha value is -3.35. The molecule has 1 N–H and O–H groups in total. The maximum absolute atomic E-state index is 14.1. The minimum atomic E-state index is -0.524. The van der Waals surface area contributed by atoms with Crippen molar-refractivity contribution in [2.24, 2.45) is 0 Å². The number of hydrogen-bond donors (Lipinski definition) is 1. The Bertz CT molecular complexity index is 1020. The van der Waals surface area contributed by atoms with Gasteiger partial charge in [0.05, 0.1) is 11.3 Å². The number of para-hydroxylation sites is 1. The normalized spacial score (nSPS) is 10.6. The molecular formula is C19H17FN4O2. The molecule has 6 nitrogen and oxygen atoms in total. The van der Waals surface area contributed by atoms with Gasteiger partial charge in [-0.2, -0.15) is 5.10 Å². The van der Waals surface area contributed by atoms with Crippen molar-refractivity contribution < 1.29 is 9.18 Å². The number of halogens is 1. The first kappa shape index (κ1) is 17.5. The van der Waals surface area contributed by atoms with E-state index in [0.717, 1.165) is 0 Å². The van der Waals surface area contributed by atoms with Gasteiger partial charge in [-0.05, 0) is 38.1 Å². The van der Waals surface area contributed by atoms with E-state index >= 15 is 0 Å². The van der Waals surface area contributed by atoms with Crippen LogP contribution in [0.25, 0.3) is 11.3 Å². The van der Waals surface area contributed by atoms with Crippen LogP contribution in [0.3, 0.4) is 0 Å². The van der Waals surface area contributed by atoms with E-state index in [-0.39, 0.29) is 22.7 Å². The molecule has 0 radical (unpaired) electrons. The van der Waals surface area contributed by atoms with Crippen LogP contribution in [0.5, 0.6) is 0 Å². The Kier molecular flexibility index (Phi) is 4.88. The maximum Gasteiger partial charge on any atom is 0.291 e. The lowest BCUT2D eigenvalue weighted by molar-refractivity contribution is 0.101. The molecule has 0 saturated carbocycles. The van der Waals surface area contributed by atoms with E-state index in [1.807, 2.05) is 0 Å². The minimum absolute atomic E-state index is 0.00157. The zero-order valence-electron chi connectivity index (χ0n) is 14.4. The summed E-state index contributed by atoms with van der Waals surface area (Å²) in [4.78, 5) is 29.2. The van der Waals surface area contributed by atoms with Gasteiger partial charge >= 0.3 is 0 Å². The second kappa shape index (κ2) is 7.26. The number of rotatable bonds is 5. The lowest BCUT2D eigenvalue weighted by Gasteiger charge is -2.16. The number of nitrogens with one attached hydrogen (secondary N) is 1. The molecule has 2 heterocycles. The highest BCUT2D eigenvalue weighted by Gasteiger charge is 2.22. The molecule has 0 aliphatic rings. The molecule has 1 aromatic carbocycles. The summed E-state index contributed by atoms with van der Waals surface area (Å²) in [5.41, 5.74) is 0.642. The Labute approximate surface area is 149 Å². The van der Waals surface area contributed by atoms with Crippen LogP contribution in [0.4, 0.5) is 15.8 Å². The van der Waals surface area contributed by atoms with Crippen LogP contribution in [-0.4, -0.2) is 20.5 Å². The van der Waals surface area contributed by atoms with Crippen LogP contribution < -0.4 is 10.9 Å². The highest BCUT2D eigenvalue weighted by atomic mass is 19.1. The molecular weight excluding hydrogens is 335 g/mol. The van der Waals surface area contributed by atoms with E-state index in [0.29, 0.717) is 17.8 Å². The van der Waals surface area contributed by atoms with E-state index in [4.69, 9.17) is 0 Å². The van der Waals surface area contributed by atoms with Crippen LogP contribution in [0.1, 0.15) is 24.2 Å². The molecule has 2 aromatic heterocycles. The van der Waals surface area contributed by atoms with Crippen molar-refractivity contribution in [1.29, 1.82) is 0 Å². The summed E-state index contributed by atoms with van der Waals surface area (Å²) in [6, 6.07) is 9.42. The zero-order chi connectivity index (χ0) is 18.7. The fourth-order valence-corrected chi connectivity index (χ4v) is 2.65. The molecule has 0 aliphatic heterocycles. The van der Waals surface area contributed by atoms with Crippen molar-refractivity contribution in [1.82, 2.24) is 14.8 Å². The largest absolute Gasteiger partial charge is 0.348 e. The van der Waals surface area contributed by atoms with Gasteiger partial charge in [-0.1, -0.05) is 12.1 Å². The lowest BCUT2D eigenvalue weighted by atomic mass is 10.0. The van der Waals surface area contributed by atoms with Crippen LogP contribution >= 0.6 is 0 Å². The van der Waals surface area contributed by atoms with Gasteiger partial charge in [-0.15, -0.1) is 0 Å². The summed E-state index contributed by atoms with van der Waals surface area (Å²) in [5.74, 6) is -0.875. The Balaban J connectivity index is 2.30. The van der Waals surface area contributed by atoms with Gasteiger partial charge in [0.1, 0.15) is 17.2 Å². The number of aromatic nitrogens is 3. The van der Waals surface area contributed by atoms with E-state index in [1.165, 1.54) is 23.7 Å². The van der Waals surface area contributed by atoms with Gasteiger partial charge in [0.15, 0.2) is 5.78 Å². The number of carbonyl (C=O) groups is 1. The summed E-state index contributed by atoms with van der Waals surface area (Å²) >= 11 is 0. The van der Waals surface area contributed by atoms with Crippen molar-refractivity contribution in [3.63, 3.8) is 0 Å². The van der Waals surface area contributed by atoms with Gasteiger partial charge < -0.3 is 5.32 Å². The Morgan fingerprint density at radius 2 is 2.00 bits per heavy atom. The molecule has 0 saturated heterocycles. The highest BCUT2D eigenvalue weighted by molar-refractivity contribution is 6.05. The van der Waals surface area contributed by atoms with Crippen molar-refractivity contribution >= 4 is 17.2 Å². The van der Waals surface area contributed by atoms with Gasteiger partial charge in [-0.3, -0.25) is 14.6 Å². The van der Waals surface area contributed by atoms with Crippen molar-refractivity contribution in [3.8, 4) is 11.3 Å². The molecule has 0 unspecified atom stereocenters. The number of nitrogens with zero attached hydrogens (tertiary/aromatic N) is 3. The SMILES string of the molecule is CCn1nc(-c2cccnc2)c(C(C)=O)c(Nc2ccccc2F)c1=O. The van der Waals surface area contributed by atoms with E-state index in [2.05, 4.69) is 15.4 Å². The molecule has 0 fully saturated rings. The predicted octanol–water partition coefficient (Wildman–Crippen LogP) is 3.41. The molecule has 0 bridgehead atoms. The first-order valence-corrected chi connectivity index (χ1v) is 8.11. The predicted molar refractivity (Wildman–Crippen MR) is 97.1 cm³/mol. The average molecular weight is 352 g/mol. The number of anilines is 2. The van der Waals surface area contributed by atoms with Gasteiger partial charge in [0, 0.05) is 24.5 Å². The number of Topliss-reactive ketones (excluding diaryl/α,β-unsaturated/α-hetero) is 1. The molecule has 0 spiro atoms. The van der Waals surface area contributed by atoms with Crippen LogP contribution in [0.2, 0.25) is 0 Å². The van der Waals surface area contributed by atoms with E-state index < -0.39 is 11.4 Å². The van der Waals surface area contributed by atoms with Crippen LogP contribution in [-0.2, 0) is 6.54 Å². The fourth-order valence-electron chi connectivity index (χ4n) is 2.65. The Morgan fingerprint density at radius 1 is 1.23 bits per heavy atom. The standard InChI is InChI=1S/C19H17FN4O2/c1-3-24-19(26)18(22-15-9-5-4-8-14(15)20)16(12(2)25)17(23-24)13-7-6-10-21-11-13/h4-11,22H,3H2,1-2H3. The summed E-state index contributed by atoms with van der Waals surface area (Å²) < 4.78 is 15.3. The molecule has 3 aromatic rings. The molecule has 7 heteroatoms. The van der Waals surface area contributed by atoms with Crippen LogP contribution in [0, 0.1) is 5.82 Å². The monoisotopic (exact) mass is 352 g/mol. The quantitative estimate of drug-likeness (QED) is 0.712. The lowest BCUT2D eigenvalue weighted by Crippen LogP contribution is -2.28. The average Bonchev–Trinajstić information content (AvgIpc) is 2.65. The number of pyridine rings is 1. The summed E-state index contributed by atoms with van der Waals surface area (Å²) in [6.07, 6.45) is 3.16. The van der Waals surface area contributed by atoms with Gasteiger partial charge in [-0.25, -0.2) is 9.07 Å². The third-order valence-electron chi connectivity index (χ3n) is 3.88. The van der Waals surface area contributed by atoms with Crippen molar-refractivity contribution in [2.45, 2.75) is 20.4 Å². The molecule has 132 valence electrons. The molecule has 26 heavy (non-hydrogen) atoms. The number of carbonyl (C=O) groups excluding carboxylic acids is 1. The second-order valence-electron chi connectivity index (χ2n) is 5.62. The third-order valence-corrected chi connectivity index (χ3v) is 3.88. The van der Waals surface area contributed by atoms with E-state index in [1.54, 1.807) is 43.6 Å². The summed E-state index contributed by atoms with van der Waals surface area (Å²) in [6.45, 7) is 3.41. The first-order chi connectivity index (χ1) is 12.5. The highest BCUT2D eigenvalue weighted by Crippen LogP contribution is 2.27. The fraction of sp³-hybridized carbons (Fsp3) is 0.158. The zero-order valence-corrected chi connectivity index (χ0v) is 14.4.